The Bertz CT molecular complexity index is 307. The van der Waals surface area contributed by atoms with Crippen LogP contribution in [0.5, 0.6) is 0 Å². The molecule has 0 amide bonds. The molecular formula is C6H15N2O9P. The van der Waals surface area contributed by atoms with Gasteiger partial charge in [-0.05, 0) is 0 Å². The van der Waals surface area contributed by atoms with Crippen molar-refractivity contribution in [3.05, 3.63) is 0 Å². The van der Waals surface area contributed by atoms with E-state index in [-0.39, 0.29) is 0 Å². The summed E-state index contributed by atoms with van der Waals surface area (Å²) < 4.78 is 14.5. The third-order valence-corrected chi connectivity index (χ3v) is 2.08. The van der Waals surface area contributed by atoms with Crippen molar-refractivity contribution >= 4 is 7.82 Å². The van der Waals surface area contributed by atoms with Gasteiger partial charge in [-0.15, -0.1) is 0 Å². The van der Waals surface area contributed by atoms with Crippen LogP contribution in [0.1, 0.15) is 0 Å². The molecule has 0 rings (SSSR count). The van der Waals surface area contributed by atoms with E-state index in [2.05, 4.69) is 14.8 Å². The Morgan fingerprint density at radius 3 is 1.89 bits per heavy atom. The predicted molar refractivity (Wildman–Crippen MR) is 54.0 cm³/mol. The molecule has 0 radical (unpaired) electrons. The van der Waals surface area contributed by atoms with Gasteiger partial charge in [-0.25, -0.2) is 4.57 Å². The van der Waals surface area contributed by atoms with Crippen LogP contribution >= 0.6 is 7.82 Å². The van der Waals surface area contributed by atoms with E-state index in [1.54, 1.807) is 0 Å². The van der Waals surface area contributed by atoms with Gasteiger partial charge < -0.3 is 35.3 Å². The fourth-order valence-corrected chi connectivity index (χ4v) is 1.17. The van der Waals surface area contributed by atoms with E-state index < -0.39 is 45.7 Å². The molecule has 0 aliphatic carbocycles. The maximum absolute atomic E-state index is 10.5. The monoisotopic (exact) mass is 290 g/mol. The molecule has 0 aromatic rings. The van der Waals surface area contributed by atoms with Crippen molar-refractivity contribution in [2.75, 3.05) is 13.2 Å². The van der Waals surface area contributed by atoms with Crippen LogP contribution in [0, 0.1) is 0 Å². The second-order valence-corrected chi connectivity index (χ2v) is 4.32. The molecule has 4 unspecified atom stereocenters. The van der Waals surface area contributed by atoms with E-state index in [0.29, 0.717) is 0 Å². The summed E-state index contributed by atoms with van der Waals surface area (Å²) in [6, 6.07) is 0. The zero-order valence-electron chi connectivity index (χ0n) is 9.01. The van der Waals surface area contributed by atoms with Crippen LogP contribution in [0.15, 0.2) is 10.2 Å². The highest BCUT2D eigenvalue weighted by atomic mass is 31.2. The second-order valence-electron chi connectivity index (χ2n) is 3.13. The molecule has 0 heterocycles. The minimum Gasteiger partial charge on any atom is -0.393 e. The number of phosphoric acid groups is 1. The van der Waals surface area contributed by atoms with Crippen LogP contribution in [0.3, 0.4) is 0 Å². The first-order valence-corrected chi connectivity index (χ1v) is 6.14. The van der Waals surface area contributed by atoms with Gasteiger partial charge in [-0.1, -0.05) is 0 Å². The second kappa shape index (κ2) is 7.84. The third-order valence-electron chi connectivity index (χ3n) is 1.59. The molecule has 12 heteroatoms. The lowest BCUT2D eigenvalue weighted by molar-refractivity contribution is -0.0307. The molecule has 0 bridgehead atoms. The van der Waals surface area contributed by atoms with Gasteiger partial charge in [0.05, 0.1) is 13.2 Å². The molecule has 11 nitrogen and oxygen atoms in total. The molecule has 18 heavy (non-hydrogen) atoms. The summed E-state index contributed by atoms with van der Waals surface area (Å²) in [5, 5.41) is 50.1. The summed E-state index contributed by atoms with van der Waals surface area (Å²) in [5.41, 5.74) is 0. The van der Waals surface area contributed by atoms with Crippen molar-refractivity contribution in [2.45, 2.75) is 24.7 Å². The molecule has 0 aliphatic rings. The van der Waals surface area contributed by atoms with Crippen LogP contribution in [-0.4, -0.2) is 73.2 Å². The van der Waals surface area contributed by atoms with Crippen LogP contribution in [0.25, 0.3) is 0 Å². The quantitative estimate of drug-likeness (QED) is 0.179. The number of aliphatic hydroxyl groups is 5. The average Bonchev–Trinajstić information content (AvgIpc) is 2.30. The Morgan fingerprint density at radius 1 is 1.00 bits per heavy atom. The molecule has 0 spiro atoms. The number of aliphatic hydroxyl groups excluding tert-OH is 5. The van der Waals surface area contributed by atoms with Crippen molar-refractivity contribution in [1.29, 1.82) is 0 Å². The molecule has 0 saturated carbocycles. The Morgan fingerprint density at radius 2 is 1.50 bits per heavy atom. The predicted octanol–water partition coefficient (Wildman–Crippen LogP) is -3.10. The van der Waals surface area contributed by atoms with Crippen molar-refractivity contribution in [1.82, 2.24) is 0 Å². The maximum atomic E-state index is 10.5. The van der Waals surface area contributed by atoms with E-state index in [4.69, 9.17) is 35.3 Å². The summed E-state index contributed by atoms with van der Waals surface area (Å²) in [6.45, 7) is -1.75. The largest absolute Gasteiger partial charge is 0.471 e. The lowest BCUT2D eigenvalue weighted by Crippen LogP contribution is -2.31. The van der Waals surface area contributed by atoms with Crippen molar-refractivity contribution in [3.63, 3.8) is 0 Å². The number of hydrogen-bond donors (Lipinski definition) is 7. The van der Waals surface area contributed by atoms with Crippen LogP contribution in [-0.2, 0) is 9.09 Å². The highest BCUT2D eigenvalue weighted by Gasteiger charge is 2.28. The number of azo groups is 1. The molecule has 7 N–H and O–H groups in total. The zero-order valence-corrected chi connectivity index (χ0v) is 9.91. The Hall–Kier alpha value is -0.490. The van der Waals surface area contributed by atoms with Gasteiger partial charge in [-0.2, -0.15) is 10.2 Å². The van der Waals surface area contributed by atoms with Gasteiger partial charge in [0.2, 0.25) is 6.23 Å². The van der Waals surface area contributed by atoms with E-state index in [0.717, 1.165) is 0 Å². The minimum atomic E-state index is -5.00. The summed E-state index contributed by atoms with van der Waals surface area (Å²) in [7, 11) is -5.00. The number of nitrogens with zero attached hydrogens (tertiary/aromatic N) is 2. The Kier molecular flexibility index (Phi) is 7.62. The lowest BCUT2D eigenvalue weighted by Gasteiger charge is -2.18. The molecule has 0 saturated heterocycles. The van der Waals surface area contributed by atoms with E-state index in [1.165, 1.54) is 0 Å². The Labute approximate surface area is 101 Å². The van der Waals surface area contributed by atoms with E-state index >= 15 is 0 Å². The molecule has 0 aliphatic heterocycles. The van der Waals surface area contributed by atoms with E-state index in [9.17, 15) is 4.57 Å². The minimum absolute atomic E-state index is 0.827. The standard InChI is InChI=1S/C6H15N2O9P/c9-1-3(11)5(13)7-8-6(4(12)2-10)17-18(14,15)16/h3-6,9-13H,1-2H2,(H2,14,15,16). The lowest BCUT2D eigenvalue weighted by atomic mass is 10.3. The number of rotatable bonds is 8. The summed E-state index contributed by atoms with van der Waals surface area (Å²) in [4.78, 5) is 17.0. The van der Waals surface area contributed by atoms with E-state index in [1.807, 2.05) is 0 Å². The van der Waals surface area contributed by atoms with Crippen molar-refractivity contribution < 1.29 is 44.4 Å². The first-order valence-electron chi connectivity index (χ1n) is 4.61. The molecule has 0 aromatic heterocycles. The van der Waals surface area contributed by atoms with Crippen molar-refractivity contribution in [3.8, 4) is 0 Å². The van der Waals surface area contributed by atoms with Crippen LogP contribution in [0.4, 0.5) is 0 Å². The topological polar surface area (TPSA) is 193 Å². The highest BCUT2D eigenvalue weighted by molar-refractivity contribution is 7.46. The molecular weight excluding hydrogens is 275 g/mol. The average molecular weight is 290 g/mol. The summed E-state index contributed by atoms with van der Waals surface area (Å²) >= 11 is 0. The van der Waals surface area contributed by atoms with Gasteiger partial charge in [-0.3, -0.25) is 4.52 Å². The zero-order chi connectivity index (χ0) is 14.3. The van der Waals surface area contributed by atoms with Gasteiger partial charge in [0, 0.05) is 0 Å². The molecule has 4 atom stereocenters. The van der Waals surface area contributed by atoms with Gasteiger partial charge in [0.15, 0.2) is 6.23 Å². The summed E-state index contributed by atoms with van der Waals surface area (Å²) in [5.74, 6) is 0. The van der Waals surface area contributed by atoms with Gasteiger partial charge >= 0.3 is 7.82 Å². The summed E-state index contributed by atoms with van der Waals surface area (Å²) in [6.07, 6.45) is -7.25. The third kappa shape index (κ3) is 7.06. The first-order chi connectivity index (χ1) is 8.21. The molecule has 0 fully saturated rings. The van der Waals surface area contributed by atoms with Gasteiger partial charge in [0.1, 0.15) is 12.2 Å². The van der Waals surface area contributed by atoms with Crippen LogP contribution < -0.4 is 0 Å². The molecule has 0 aromatic carbocycles. The fourth-order valence-electron chi connectivity index (χ4n) is 0.704. The maximum Gasteiger partial charge on any atom is 0.471 e. The highest BCUT2D eigenvalue weighted by Crippen LogP contribution is 2.38. The smallest absolute Gasteiger partial charge is 0.393 e. The van der Waals surface area contributed by atoms with Crippen LogP contribution in [0.2, 0.25) is 0 Å². The van der Waals surface area contributed by atoms with Crippen molar-refractivity contribution in [2.24, 2.45) is 10.2 Å². The SMILES string of the molecule is O=P(O)(O)OC(N=NC(O)C(O)CO)C(O)CO. The van der Waals surface area contributed by atoms with Gasteiger partial charge in [0.25, 0.3) is 0 Å². The number of hydrogen-bond acceptors (Lipinski definition) is 9. The Balaban J connectivity index is 4.69. The molecule has 108 valence electrons. The normalized spacial score (nSPS) is 19.7. The number of phosphoric ester groups is 1. The first kappa shape index (κ1) is 17.5. The fraction of sp³-hybridized carbons (Fsp3) is 1.00.